The van der Waals surface area contributed by atoms with E-state index in [9.17, 15) is 0 Å². The van der Waals surface area contributed by atoms with Gasteiger partial charge in [0.1, 0.15) is 23.1 Å². The largest absolute Gasteiger partial charge is 0.487 e. The van der Waals surface area contributed by atoms with Crippen LogP contribution in [-0.2, 0) is 12.0 Å². The third-order valence-electron chi connectivity index (χ3n) is 2.89. The number of nitrogens with two attached hydrogens (primary N) is 1. The molecule has 0 spiro atoms. The highest BCUT2D eigenvalue weighted by Gasteiger charge is 2.19. The van der Waals surface area contributed by atoms with E-state index in [1.165, 1.54) is 22.7 Å². The summed E-state index contributed by atoms with van der Waals surface area (Å²) in [6.45, 7) is 8.92. The molecule has 0 aliphatic heterocycles. The van der Waals surface area contributed by atoms with Crippen molar-refractivity contribution in [3.63, 3.8) is 0 Å². The predicted octanol–water partition coefficient (Wildman–Crippen LogP) is 3.31. The van der Waals surface area contributed by atoms with Crippen LogP contribution in [0, 0.1) is 6.92 Å². The molecule has 0 bridgehead atoms. The molecule has 0 amide bonds. The average molecular weight is 277 g/mol. The maximum absolute atomic E-state index is 5.89. The van der Waals surface area contributed by atoms with Crippen molar-refractivity contribution in [2.24, 2.45) is 0 Å². The summed E-state index contributed by atoms with van der Waals surface area (Å²) in [7, 11) is 0. The van der Waals surface area contributed by atoms with Crippen molar-refractivity contribution in [2.75, 3.05) is 5.73 Å². The van der Waals surface area contributed by atoms with Crippen LogP contribution in [0.4, 0.5) is 5.00 Å². The van der Waals surface area contributed by atoms with Crippen molar-refractivity contribution < 1.29 is 4.74 Å². The van der Waals surface area contributed by atoms with E-state index >= 15 is 0 Å². The van der Waals surface area contributed by atoms with Crippen LogP contribution in [0.1, 0.15) is 37.6 Å². The minimum atomic E-state index is 0.0366. The van der Waals surface area contributed by atoms with E-state index in [-0.39, 0.29) is 5.41 Å². The summed E-state index contributed by atoms with van der Waals surface area (Å²) >= 11 is 1.19. The van der Waals surface area contributed by atoms with Gasteiger partial charge in [-0.15, -0.1) is 5.10 Å². The zero-order valence-electron chi connectivity index (χ0n) is 11.7. The van der Waals surface area contributed by atoms with Crippen LogP contribution in [0.15, 0.2) is 18.2 Å². The molecule has 0 aliphatic rings. The van der Waals surface area contributed by atoms with Gasteiger partial charge in [0.25, 0.3) is 0 Å². The Morgan fingerprint density at radius 1 is 1.32 bits per heavy atom. The topological polar surface area (TPSA) is 61.0 Å². The van der Waals surface area contributed by atoms with E-state index in [0.717, 1.165) is 5.75 Å². The van der Waals surface area contributed by atoms with Crippen LogP contribution in [0.2, 0.25) is 0 Å². The molecule has 5 heteroatoms. The van der Waals surface area contributed by atoms with Gasteiger partial charge in [-0.25, -0.2) is 0 Å². The third-order valence-corrected chi connectivity index (χ3v) is 3.49. The zero-order valence-corrected chi connectivity index (χ0v) is 12.5. The lowest BCUT2D eigenvalue weighted by molar-refractivity contribution is 0.293. The molecule has 1 heterocycles. The lowest BCUT2D eigenvalue weighted by atomic mass is 9.86. The highest BCUT2D eigenvalue weighted by atomic mass is 32.1. The first-order valence-corrected chi connectivity index (χ1v) is 6.96. The maximum Gasteiger partial charge on any atom is 0.136 e. The van der Waals surface area contributed by atoms with Gasteiger partial charge < -0.3 is 10.5 Å². The second-order valence-electron chi connectivity index (χ2n) is 5.62. The number of aromatic nitrogens is 2. The summed E-state index contributed by atoms with van der Waals surface area (Å²) in [4.78, 5) is 0. The molecule has 2 N–H and O–H groups in total. The second-order valence-corrected chi connectivity index (χ2v) is 6.41. The summed E-state index contributed by atoms with van der Waals surface area (Å²) in [5.41, 5.74) is 8.86. The standard InChI is InChI=1S/C14H19N3OS/c1-9-5-6-10(14(2,3)4)12(7-9)18-8-11-13(15)19-17-16-11/h5-7H,8,15H2,1-4H3. The Bertz CT molecular complexity index is 572. The van der Waals surface area contributed by atoms with Gasteiger partial charge in [-0.05, 0) is 29.5 Å². The molecule has 0 radical (unpaired) electrons. The number of hydrogen-bond acceptors (Lipinski definition) is 5. The number of anilines is 1. The number of rotatable bonds is 3. The maximum atomic E-state index is 5.89. The zero-order chi connectivity index (χ0) is 14.0. The highest BCUT2D eigenvalue weighted by molar-refractivity contribution is 7.09. The molecule has 102 valence electrons. The number of aryl methyl sites for hydroxylation is 1. The monoisotopic (exact) mass is 277 g/mol. The van der Waals surface area contributed by atoms with Crippen molar-refractivity contribution in [3.8, 4) is 5.75 Å². The Hall–Kier alpha value is -1.62. The average Bonchev–Trinajstić information content (AvgIpc) is 2.70. The van der Waals surface area contributed by atoms with Crippen LogP contribution in [0.5, 0.6) is 5.75 Å². The van der Waals surface area contributed by atoms with Gasteiger partial charge in [0, 0.05) is 11.5 Å². The van der Waals surface area contributed by atoms with Gasteiger partial charge in [0.05, 0.1) is 0 Å². The first kappa shape index (κ1) is 13.8. The quantitative estimate of drug-likeness (QED) is 0.935. The summed E-state index contributed by atoms with van der Waals surface area (Å²) in [5.74, 6) is 0.889. The van der Waals surface area contributed by atoms with Crippen LogP contribution < -0.4 is 10.5 Å². The fourth-order valence-corrected chi connectivity index (χ4v) is 2.26. The molecule has 4 nitrogen and oxygen atoms in total. The molecule has 0 saturated carbocycles. The Labute approximate surface area is 117 Å². The molecule has 0 aliphatic carbocycles. The highest BCUT2D eigenvalue weighted by Crippen LogP contribution is 2.32. The second kappa shape index (κ2) is 5.17. The van der Waals surface area contributed by atoms with E-state index in [1.54, 1.807) is 0 Å². The Morgan fingerprint density at radius 3 is 2.63 bits per heavy atom. The van der Waals surface area contributed by atoms with E-state index in [2.05, 4.69) is 55.5 Å². The number of benzene rings is 1. The number of nitrogen functional groups attached to an aromatic ring is 1. The molecular formula is C14H19N3OS. The van der Waals surface area contributed by atoms with Gasteiger partial charge in [-0.3, -0.25) is 0 Å². The van der Waals surface area contributed by atoms with E-state index < -0.39 is 0 Å². The molecule has 1 aromatic carbocycles. The summed E-state index contributed by atoms with van der Waals surface area (Å²) in [6.07, 6.45) is 0. The van der Waals surface area contributed by atoms with Gasteiger partial charge in [0.15, 0.2) is 0 Å². The fourth-order valence-electron chi connectivity index (χ4n) is 1.83. The SMILES string of the molecule is Cc1ccc(C(C)(C)C)c(OCc2nnsc2N)c1. The van der Waals surface area contributed by atoms with Crippen LogP contribution in [0.25, 0.3) is 0 Å². The molecular weight excluding hydrogens is 258 g/mol. The third kappa shape index (κ3) is 3.23. The van der Waals surface area contributed by atoms with Crippen molar-refractivity contribution >= 4 is 16.5 Å². The Balaban J connectivity index is 2.24. The van der Waals surface area contributed by atoms with Gasteiger partial charge in [0.2, 0.25) is 0 Å². The normalized spacial score (nSPS) is 11.6. The van der Waals surface area contributed by atoms with Gasteiger partial charge in [-0.1, -0.05) is 37.4 Å². The van der Waals surface area contributed by atoms with E-state index in [0.29, 0.717) is 17.3 Å². The summed E-state index contributed by atoms with van der Waals surface area (Å²) in [6, 6.07) is 6.27. The summed E-state index contributed by atoms with van der Waals surface area (Å²) < 4.78 is 9.70. The fraction of sp³-hybridized carbons (Fsp3) is 0.429. The number of nitrogens with zero attached hydrogens (tertiary/aromatic N) is 2. The molecule has 0 saturated heterocycles. The molecule has 1 aromatic heterocycles. The predicted molar refractivity (Wildman–Crippen MR) is 78.5 cm³/mol. The molecule has 0 atom stereocenters. The van der Waals surface area contributed by atoms with Crippen LogP contribution >= 0.6 is 11.5 Å². The van der Waals surface area contributed by atoms with Gasteiger partial charge in [-0.2, -0.15) is 0 Å². The number of ether oxygens (including phenoxy) is 1. The summed E-state index contributed by atoms with van der Waals surface area (Å²) in [5, 5.41) is 4.58. The molecule has 2 rings (SSSR count). The van der Waals surface area contributed by atoms with Crippen molar-refractivity contribution in [1.82, 2.24) is 9.59 Å². The molecule has 2 aromatic rings. The van der Waals surface area contributed by atoms with Gasteiger partial charge >= 0.3 is 0 Å². The lowest BCUT2D eigenvalue weighted by Gasteiger charge is -2.23. The first-order chi connectivity index (χ1) is 8.88. The van der Waals surface area contributed by atoms with Crippen LogP contribution in [0.3, 0.4) is 0 Å². The molecule has 0 unspecified atom stereocenters. The van der Waals surface area contributed by atoms with Crippen molar-refractivity contribution in [1.29, 1.82) is 0 Å². The molecule has 0 fully saturated rings. The van der Waals surface area contributed by atoms with Crippen molar-refractivity contribution in [2.45, 2.75) is 39.7 Å². The van der Waals surface area contributed by atoms with E-state index in [1.807, 2.05) is 0 Å². The van der Waals surface area contributed by atoms with Crippen molar-refractivity contribution in [3.05, 3.63) is 35.0 Å². The minimum Gasteiger partial charge on any atom is -0.487 e. The molecule has 19 heavy (non-hydrogen) atoms. The Kier molecular flexibility index (Phi) is 3.75. The minimum absolute atomic E-state index is 0.0366. The van der Waals surface area contributed by atoms with E-state index in [4.69, 9.17) is 10.5 Å². The van der Waals surface area contributed by atoms with Crippen LogP contribution in [-0.4, -0.2) is 9.59 Å². The number of hydrogen-bond donors (Lipinski definition) is 1. The lowest BCUT2D eigenvalue weighted by Crippen LogP contribution is -2.13. The first-order valence-electron chi connectivity index (χ1n) is 6.18. The Morgan fingerprint density at radius 2 is 2.05 bits per heavy atom. The smallest absolute Gasteiger partial charge is 0.136 e.